The molecular weight excluding hydrogens is 592 g/mol. The number of aryl methyl sites for hydroxylation is 1. The fourth-order valence-electron chi connectivity index (χ4n) is 2.34. The van der Waals surface area contributed by atoms with Crippen LogP contribution in [0.15, 0.2) is 35.6 Å². The molecule has 0 aliphatic carbocycles. The van der Waals surface area contributed by atoms with Gasteiger partial charge in [0.05, 0.1) is 12.0 Å². The third kappa shape index (κ3) is 8.49. The van der Waals surface area contributed by atoms with Crippen molar-refractivity contribution in [3.05, 3.63) is 63.9 Å². The van der Waals surface area contributed by atoms with Crippen LogP contribution < -0.4 is 10.9 Å². The topological polar surface area (TPSA) is 120 Å². The summed E-state index contributed by atoms with van der Waals surface area (Å²) in [6.45, 7) is 2.69. The Kier molecular flexibility index (Phi) is 13.1. The number of nitrogens with zero attached hydrogens (tertiary/aromatic N) is 3. The summed E-state index contributed by atoms with van der Waals surface area (Å²) < 4.78 is 0. The molecule has 0 radical (unpaired) electrons. The van der Waals surface area contributed by atoms with Crippen LogP contribution in [0.3, 0.4) is 0 Å². The summed E-state index contributed by atoms with van der Waals surface area (Å²) in [7, 11) is 0. The Bertz CT molecular complexity index is 937. The first-order valence-electron chi connectivity index (χ1n) is 8.14. The van der Waals surface area contributed by atoms with E-state index in [0.717, 1.165) is 22.9 Å². The number of halogens is 3. The first kappa shape index (κ1) is 27.6. The van der Waals surface area contributed by atoms with Gasteiger partial charge in [-0.1, -0.05) is 0 Å². The number of pyridine rings is 1. The molecule has 0 spiro atoms. The van der Waals surface area contributed by atoms with E-state index in [4.69, 9.17) is 0 Å². The molecule has 160 valence electrons. The first-order chi connectivity index (χ1) is 12.6. The van der Waals surface area contributed by atoms with E-state index < -0.39 is 0 Å². The molecule has 12 heteroatoms. The van der Waals surface area contributed by atoms with Crippen LogP contribution in [0.5, 0.6) is 5.75 Å². The lowest BCUT2D eigenvalue weighted by molar-refractivity contribution is 0.473. The van der Waals surface area contributed by atoms with Crippen molar-refractivity contribution in [3.63, 3.8) is 0 Å². The zero-order chi connectivity index (χ0) is 18.4. The van der Waals surface area contributed by atoms with E-state index in [1.54, 1.807) is 18.1 Å². The number of thioether (sulfide) groups is 1. The van der Waals surface area contributed by atoms with Crippen molar-refractivity contribution < 1.29 is 5.11 Å². The fourth-order valence-corrected chi connectivity index (χ4v) is 3.21. The molecule has 3 heterocycles. The number of aromatic amines is 2. The van der Waals surface area contributed by atoms with E-state index >= 15 is 0 Å². The molecule has 0 aliphatic heterocycles. The molecule has 0 atom stereocenters. The Morgan fingerprint density at radius 1 is 1.21 bits per heavy atom. The van der Waals surface area contributed by atoms with Crippen molar-refractivity contribution in [2.75, 3.05) is 17.6 Å². The van der Waals surface area contributed by atoms with Crippen LogP contribution >= 0.6 is 62.7 Å². The van der Waals surface area contributed by atoms with Crippen LogP contribution in [0.2, 0.25) is 0 Å². The molecule has 0 saturated heterocycles. The molecule has 3 rings (SSSR count). The maximum Gasteiger partial charge on any atom is 0.255 e. The highest BCUT2D eigenvalue weighted by molar-refractivity contribution is 8.93. The summed E-state index contributed by atoms with van der Waals surface area (Å²) in [4.78, 5) is 30.6. The second-order valence-electron chi connectivity index (χ2n) is 5.72. The Morgan fingerprint density at radius 2 is 2.00 bits per heavy atom. The van der Waals surface area contributed by atoms with Crippen molar-refractivity contribution in [2.45, 2.75) is 19.1 Å². The number of rotatable bonds is 8. The minimum Gasteiger partial charge on any atom is -0.508 e. The minimum atomic E-state index is -0.215. The quantitative estimate of drug-likeness (QED) is 0.286. The molecule has 0 unspecified atom stereocenters. The smallest absolute Gasteiger partial charge is 0.255 e. The highest BCUT2D eigenvalue weighted by Gasteiger charge is 2.06. The maximum atomic E-state index is 12.2. The Balaban J connectivity index is 0.00000261. The largest absolute Gasteiger partial charge is 0.508 e. The molecule has 0 saturated carbocycles. The van der Waals surface area contributed by atoms with E-state index in [1.807, 2.05) is 6.92 Å². The van der Waals surface area contributed by atoms with Crippen molar-refractivity contribution in [1.82, 2.24) is 24.9 Å². The lowest BCUT2D eigenvalue weighted by atomic mass is 10.1. The number of hydrogen-bond acceptors (Lipinski definition) is 7. The molecule has 8 nitrogen and oxygen atoms in total. The van der Waals surface area contributed by atoms with Gasteiger partial charge in [-0.15, -0.1) is 50.9 Å². The van der Waals surface area contributed by atoms with Gasteiger partial charge >= 0.3 is 0 Å². The molecule has 0 bridgehead atoms. The normalized spacial score (nSPS) is 9.69. The van der Waals surface area contributed by atoms with Gasteiger partial charge in [0.15, 0.2) is 0 Å². The second kappa shape index (κ2) is 13.8. The van der Waals surface area contributed by atoms with E-state index in [-0.39, 0.29) is 62.3 Å². The van der Waals surface area contributed by atoms with Gasteiger partial charge in [0.2, 0.25) is 5.95 Å². The summed E-state index contributed by atoms with van der Waals surface area (Å²) in [6, 6.07) is 3.02. The van der Waals surface area contributed by atoms with Crippen LogP contribution in [-0.4, -0.2) is 42.3 Å². The van der Waals surface area contributed by atoms with Gasteiger partial charge in [-0.3, -0.25) is 14.8 Å². The third-order valence-electron chi connectivity index (χ3n) is 3.76. The van der Waals surface area contributed by atoms with Crippen molar-refractivity contribution in [2.24, 2.45) is 0 Å². The summed E-state index contributed by atoms with van der Waals surface area (Å²) in [5.74, 6) is 2.28. The monoisotopic (exact) mass is 612 g/mol. The van der Waals surface area contributed by atoms with Crippen LogP contribution in [0.4, 0.5) is 5.95 Å². The van der Waals surface area contributed by atoms with Gasteiger partial charge in [0.1, 0.15) is 5.75 Å². The van der Waals surface area contributed by atoms with E-state index in [9.17, 15) is 9.90 Å². The highest BCUT2D eigenvalue weighted by atomic mass is 79.9. The second-order valence-corrected chi connectivity index (χ2v) is 6.83. The van der Waals surface area contributed by atoms with Crippen LogP contribution in [-0.2, 0) is 12.2 Å². The van der Waals surface area contributed by atoms with Crippen LogP contribution in [0.1, 0.15) is 22.6 Å². The number of aromatic hydroxyl groups is 1. The summed E-state index contributed by atoms with van der Waals surface area (Å²) >= 11 is 1.76. The minimum absolute atomic E-state index is 0. The summed E-state index contributed by atoms with van der Waals surface area (Å²) in [5.41, 5.74) is 3.05. The third-order valence-corrected chi connectivity index (χ3v) is 4.73. The Hall–Kier alpha value is -1.37. The number of hydrogen-bond donors (Lipinski definition) is 4. The number of H-pyrrole nitrogens is 2. The SMILES string of the molecule is Br.Br.Br.Cc1[nH]cnc1CSCCNc1ncc(Cc2cc(O)ccn2)c(=O)[nH]1. The molecule has 0 amide bonds. The zero-order valence-corrected chi connectivity index (χ0v) is 21.5. The fraction of sp³-hybridized carbons (Fsp3) is 0.294. The molecule has 0 fully saturated rings. The van der Waals surface area contributed by atoms with Gasteiger partial charge in [-0.05, 0) is 13.0 Å². The van der Waals surface area contributed by atoms with E-state index in [2.05, 4.69) is 30.2 Å². The predicted molar refractivity (Wildman–Crippen MR) is 133 cm³/mol. The van der Waals surface area contributed by atoms with Crippen molar-refractivity contribution in [1.29, 1.82) is 0 Å². The predicted octanol–water partition coefficient (Wildman–Crippen LogP) is 3.57. The van der Waals surface area contributed by atoms with Crippen LogP contribution in [0, 0.1) is 6.92 Å². The standard InChI is InChI=1S/C17H20N6O2S.3BrH/c1-11-15(22-10-21-11)9-26-5-4-19-17-20-8-12(16(25)23-17)6-13-7-14(24)2-3-18-13;;;/h2-3,7-8,10H,4-6,9H2,1H3,(H,18,24)(H,21,22)(H2,19,20,23,25);3*1H. The first-order valence-corrected chi connectivity index (χ1v) is 9.30. The molecule has 3 aromatic rings. The Labute approximate surface area is 204 Å². The van der Waals surface area contributed by atoms with Gasteiger partial charge in [-0.2, -0.15) is 11.8 Å². The average molecular weight is 615 g/mol. The number of aromatic nitrogens is 5. The number of anilines is 1. The molecule has 4 N–H and O–H groups in total. The Morgan fingerprint density at radius 3 is 2.66 bits per heavy atom. The molecule has 29 heavy (non-hydrogen) atoms. The lowest BCUT2D eigenvalue weighted by Gasteiger charge is -2.06. The average Bonchev–Trinajstić information content (AvgIpc) is 3.02. The molecule has 0 aromatic carbocycles. The van der Waals surface area contributed by atoms with E-state index in [1.165, 1.54) is 24.5 Å². The lowest BCUT2D eigenvalue weighted by Crippen LogP contribution is -2.18. The summed E-state index contributed by atoms with van der Waals surface area (Å²) in [5, 5.41) is 12.6. The molecular formula is C17H23Br3N6O2S. The van der Waals surface area contributed by atoms with Gasteiger partial charge in [0, 0.05) is 59.9 Å². The van der Waals surface area contributed by atoms with Crippen LogP contribution in [0.25, 0.3) is 0 Å². The van der Waals surface area contributed by atoms with E-state index in [0.29, 0.717) is 30.2 Å². The maximum absolute atomic E-state index is 12.2. The molecule has 3 aromatic heterocycles. The van der Waals surface area contributed by atoms with Gasteiger partial charge in [0.25, 0.3) is 5.56 Å². The number of imidazole rings is 1. The van der Waals surface area contributed by atoms with Crippen molar-refractivity contribution >= 4 is 68.7 Å². The number of nitrogens with one attached hydrogen (secondary N) is 3. The highest BCUT2D eigenvalue weighted by Crippen LogP contribution is 2.13. The van der Waals surface area contributed by atoms with Gasteiger partial charge in [-0.25, -0.2) is 9.97 Å². The van der Waals surface area contributed by atoms with Gasteiger partial charge < -0.3 is 15.4 Å². The molecule has 0 aliphatic rings. The zero-order valence-electron chi connectivity index (χ0n) is 15.5. The van der Waals surface area contributed by atoms with Crippen molar-refractivity contribution in [3.8, 4) is 5.75 Å². The summed E-state index contributed by atoms with van der Waals surface area (Å²) in [6.07, 6.45) is 5.05.